The van der Waals surface area contributed by atoms with E-state index in [1.807, 2.05) is 13.1 Å². The molecule has 0 saturated carbocycles. The van der Waals surface area contributed by atoms with Gasteiger partial charge in [-0.15, -0.1) is 0 Å². The highest BCUT2D eigenvalue weighted by molar-refractivity contribution is 7.83. The summed E-state index contributed by atoms with van der Waals surface area (Å²) < 4.78 is 0. The van der Waals surface area contributed by atoms with Gasteiger partial charge in [-0.2, -0.15) is 12.6 Å². The Morgan fingerprint density at radius 2 is 2.43 bits per heavy atom. The number of hydrogen-bond acceptors (Lipinski definition) is 2. The van der Waals surface area contributed by atoms with Crippen LogP contribution in [0.4, 0.5) is 0 Å². The molecule has 0 heterocycles. The minimum Gasteiger partial charge on any atom is -0.319 e. The van der Waals surface area contributed by atoms with E-state index in [0.717, 1.165) is 13.0 Å². The molecule has 0 bridgehead atoms. The van der Waals surface area contributed by atoms with Crippen molar-refractivity contribution in [1.29, 1.82) is 0 Å². The summed E-state index contributed by atoms with van der Waals surface area (Å²) in [6, 6.07) is 0. The van der Waals surface area contributed by atoms with Gasteiger partial charge >= 0.3 is 0 Å². The maximum absolute atomic E-state index is 3.89. The van der Waals surface area contributed by atoms with Crippen LogP contribution in [-0.4, -0.2) is 13.6 Å². The molecule has 0 unspecified atom stereocenters. The second-order valence-electron chi connectivity index (χ2n) is 1.28. The highest BCUT2D eigenvalue weighted by Crippen LogP contribution is 1.80. The molecule has 0 aliphatic heterocycles. The van der Waals surface area contributed by atoms with Crippen LogP contribution in [0.1, 0.15) is 6.42 Å². The molecular weight excluding hydrogens is 106 g/mol. The molecule has 0 spiro atoms. The van der Waals surface area contributed by atoms with Crippen molar-refractivity contribution in [2.24, 2.45) is 0 Å². The fourth-order valence-electron chi connectivity index (χ4n) is 0.302. The first kappa shape index (κ1) is 7.05. The molecule has 0 aliphatic carbocycles. The van der Waals surface area contributed by atoms with Gasteiger partial charge in [0.25, 0.3) is 0 Å². The van der Waals surface area contributed by atoms with Gasteiger partial charge in [0.2, 0.25) is 0 Å². The number of nitrogens with one attached hydrogen (secondary N) is 1. The van der Waals surface area contributed by atoms with Gasteiger partial charge in [-0.25, -0.2) is 0 Å². The Kier molecular flexibility index (Phi) is 6.09. The molecule has 1 N–H and O–H groups in total. The second-order valence-corrected chi connectivity index (χ2v) is 1.58. The Balaban J connectivity index is 2.69. The third-order valence-corrected chi connectivity index (χ3v) is 0.877. The van der Waals surface area contributed by atoms with E-state index in [9.17, 15) is 0 Å². The lowest BCUT2D eigenvalue weighted by Crippen LogP contribution is -2.05. The number of rotatable bonds is 3. The first-order valence-corrected chi connectivity index (χ1v) is 2.87. The van der Waals surface area contributed by atoms with Crippen molar-refractivity contribution in [3.05, 3.63) is 11.5 Å². The lowest BCUT2D eigenvalue weighted by molar-refractivity contribution is 0.808. The van der Waals surface area contributed by atoms with Gasteiger partial charge in [0.05, 0.1) is 0 Å². The summed E-state index contributed by atoms with van der Waals surface area (Å²) in [5, 5.41) is 4.78. The first-order chi connectivity index (χ1) is 3.41. The standard InChI is InChI=1S/C5H11NS/c1-6-4-2-3-5-7/h3,5-7H,2,4H2,1H3/b5-3-. The minimum absolute atomic E-state index is 1.04. The van der Waals surface area contributed by atoms with Crippen molar-refractivity contribution in [3.8, 4) is 0 Å². The van der Waals surface area contributed by atoms with E-state index in [4.69, 9.17) is 0 Å². The molecule has 0 fully saturated rings. The van der Waals surface area contributed by atoms with Crippen molar-refractivity contribution in [2.45, 2.75) is 6.42 Å². The van der Waals surface area contributed by atoms with Crippen LogP contribution in [0.15, 0.2) is 11.5 Å². The predicted molar refractivity (Wildman–Crippen MR) is 36.7 cm³/mol. The zero-order valence-corrected chi connectivity index (χ0v) is 5.41. The summed E-state index contributed by atoms with van der Waals surface area (Å²) in [6.45, 7) is 1.04. The van der Waals surface area contributed by atoms with Gasteiger partial charge in [-0.05, 0) is 25.4 Å². The van der Waals surface area contributed by atoms with Gasteiger partial charge < -0.3 is 5.32 Å². The van der Waals surface area contributed by atoms with E-state index in [-0.39, 0.29) is 0 Å². The quantitative estimate of drug-likeness (QED) is 0.416. The first-order valence-electron chi connectivity index (χ1n) is 2.35. The van der Waals surface area contributed by atoms with Crippen LogP contribution in [0.5, 0.6) is 0 Å². The van der Waals surface area contributed by atoms with Gasteiger partial charge in [-0.3, -0.25) is 0 Å². The van der Waals surface area contributed by atoms with Crippen LogP contribution in [0.25, 0.3) is 0 Å². The van der Waals surface area contributed by atoms with Gasteiger partial charge in [0.15, 0.2) is 0 Å². The molecule has 1 nitrogen and oxygen atoms in total. The monoisotopic (exact) mass is 117 g/mol. The molecule has 0 amide bonds. The molecule has 0 aliphatic rings. The summed E-state index contributed by atoms with van der Waals surface area (Å²) in [6.07, 6.45) is 3.08. The Morgan fingerprint density at radius 3 is 2.86 bits per heavy atom. The van der Waals surface area contributed by atoms with E-state index in [0.29, 0.717) is 0 Å². The molecule has 0 aromatic carbocycles. The van der Waals surface area contributed by atoms with Gasteiger partial charge in [0, 0.05) is 0 Å². The van der Waals surface area contributed by atoms with Gasteiger partial charge in [0.1, 0.15) is 0 Å². The summed E-state index contributed by atoms with van der Waals surface area (Å²) in [7, 11) is 1.94. The van der Waals surface area contributed by atoms with E-state index in [1.54, 1.807) is 5.41 Å². The molecule has 7 heavy (non-hydrogen) atoms. The maximum atomic E-state index is 3.89. The summed E-state index contributed by atoms with van der Waals surface area (Å²) in [4.78, 5) is 0. The van der Waals surface area contributed by atoms with Crippen molar-refractivity contribution in [1.82, 2.24) is 5.32 Å². The van der Waals surface area contributed by atoms with Crippen molar-refractivity contribution in [3.63, 3.8) is 0 Å². The Hall–Kier alpha value is 0.0500. The van der Waals surface area contributed by atoms with Gasteiger partial charge in [-0.1, -0.05) is 6.08 Å². The van der Waals surface area contributed by atoms with Crippen LogP contribution in [0.2, 0.25) is 0 Å². The molecule has 0 radical (unpaired) electrons. The summed E-state index contributed by atoms with van der Waals surface area (Å²) >= 11 is 3.89. The Morgan fingerprint density at radius 1 is 1.71 bits per heavy atom. The minimum atomic E-state index is 1.04. The fraction of sp³-hybridized carbons (Fsp3) is 0.600. The Labute approximate surface area is 50.2 Å². The Bertz CT molecular complexity index is 52.0. The molecule has 0 rings (SSSR count). The molecule has 0 aromatic heterocycles. The topological polar surface area (TPSA) is 12.0 Å². The molecule has 0 aromatic rings. The van der Waals surface area contributed by atoms with E-state index in [1.165, 1.54) is 0 Å². The zero-order chi connectivity index (χ0) is 5.54. The molecule has 2 heteroatoms. The third-order valence-electron chi connectivity index (χ3n) is 0.666. The maximum Gasteiger partial charge on any atom is -0.00170 e. The van der Waals surface area contributed by atoms with Crippen LogP contribution >= 0.6 is 12.6 Å². The largest absolute Gasteiger partial charge is 0.319 e. The van der Waals surface area contributed by atoms with Crippen LogP contribution < -0.4 is 5.32 Å². The SMILES string of the molecule is CNCC/C=C\S. The summed E-state index contributed by atoms with van der Waals surface area (Å²) in [5.74, 6) is 0. The molecule has 0 atom stereocenters. The van der Waals surface area contributed by atoms with Crippen molar-refractivity contribution in [2.75, 3.05) is 13.6 Å². The normalized spacial score (nSPS) is 10.6. The van der Waals surface area contributed by atoms with Crippen LogP contribution in [0.3, 0.4) is 0 Å². The van der Waals surface area contributed by atoms with E-state index < -0.39 is 0 Å². The molecule has 42 valence electrons. The third kappa shape index (κ3) is 6.05. The fourth-order valence-corrected chi connectivity index (χ4v) is 0.451. The lowest BCUT2D eigenvalue weighted by Gasteiger charge is -1.87. The van der Waals surface area contributed by atoms with Crippen LogP contribution in [0, 0.1) is 0 Å². The van der Waals surface area contributed by atoms with Crippen molar-refractivity contribution < 1.29 is 0 Å². The van der Waals surface area contributed by atoms with E-state index >= 15 is 0 Å². The predicted octanol–water partition coefficient (Wildman–Crippen LogP) is 1.04. The number of hydrogen-bond donors (Lipinski definition) is 2. The smallest absolute Gasteiger partial charge is 0.00170 e. The second kappa shape index (κ2) is 6.05. The molecule has 0 saturated heterocycles. The van der Waals surface area contributed by atoms with Crippen LogP contribution in [-0.2, 0) is 0 Å². The zero-order valence-electron chi connectivity index (χ0n) is 4.52. The van der Waals surface area contributed by atoms with Crippen molar-refractivity contribution >= 4 is 12.6 Å². The van der Waals surface area contributed by atoms with E-state index in [2.05, 4.69) is 17.9 Å². The molecular formula is C5H11NS. The highest BCUT2D eigenvalue weighted by Gasteiger charge is 1.71. The average Bonchev–Trinajstić information content (AvgIpc) is 1.69. The summed E-state index contributed by atoms with van der Waals surface area (Å²) in [5.41, 5.74) is 0. The average molecular weight is 117 g/mol. The highest BCUT2D eigenvalue weighted by atomic mass is 32.1. The lowest BCUT2D eigenvalue weighted by atomic mass is 10.4. The number of thiol groups is 1.